The third-order valence-electron chi connectivity index (χ3n) is 3.71. The van der Waals surface area contributed by atoms with Gasteiger partial charge in [0.2, 0.25) is 0 Å². The van der Waals surface area contributed by atoms with Gasteiger partial charge in [-0.05, 0) is 32.8 Å². The van der Waals surface area contributed by atoms with E-state index >= 15 is 0 Å². The Morgan fingerprint density at radius 2 is 1.76 bits per heavy atom. The number of benzene rings is 1. The number of nitrogens with zero attached hydrogens (tertiary/aromatic N) is 1. The molecule has 2 amide bonds. The smallest absolute Gasteiger partial charge is 0.444 e. The first kappa shape index (κ1) is 19.1. The minimum atomic E-state index is -4.96. The number of alkyl halides is 3. The van der Waals surface area contributed by atoms with E-state index in [1.165, 1.54) is 0 Å². The van der Waals surface area contributed by atoms with Gasteiger partial charge in [-0.2, -0.15) is 13.2 Å². The fourth-order valence-electron chi connectivity index (χ4n) is 2.79. The van der Waals surface area contributed by atoms with Crippen molar-refractivity contribution in [3.05, 3.63) is 35.9 Å². The highest BCUT2D eigenvalue weighted by atomic mass is 19.4. The zero-order valence-electron chi connectivity index (χ0n) is 14.3. The average Bonchev–Trinajstić information content (AvgIpc) is 2.87. The number of carbonyl (C=O) groups is 2. The van der Waals surface area contributed by atoms with Crippen LogP contribution in [0.5, 0.6) is 0 Å². The lowest BCUT2D eigenvalue weighted by atomic mass is 10.0. The number of alkyl carbamates (subject to hydrolysis) is 1. The molecule has 8 heteroatoms. The summed E-state index contributed by atoms with van der Waals surface area (Å²) in [7, 11) is 0. The highest BCUT2D eigenvalue weighted by molar-refractivity contribution is 5.83. The molecule has 1 N–H and O–H groups in total. The Hall–Kier alpha value is -2.25. The number of nitrogens with one attached hydrogen (secondary N) is 1. The molecule has 1 aromatic carbocycles. The number of hydrogen-bond donors (Lipinski definition) is 1. The Balaban J connectivity index is 2.16. The Bertz CT molecular complexity index is 626. The van der Waals surface area contributed by atoms with Gasteiger partial charge in [-0.15, -0.1) is 0 Å². The van der Waals surface area contributed by atoms with Crippen LogP contribution >= 0.6 is 0 Å². The molecule has 1 fully saturated rings. The molecule has 0 aliphatic carbocycles. The van der Waals surface area contributed by atoms with Crippen molar-refractivity contribution in [2.24, 2.45) is 0 Å². The Kier molecular flexibility index (Phi) is 5.29. The van der Waals surface area contributed by atoms with Crippen molar-refractivity contribution in [3.63, 3.8) is 0 Å². The summed E-state index contributed by atoms with van der Waals surface area (Å²) >= 11 is 0. The van der Waals surface area contributed by atoms with E-state index < -0.39 is 35.9 Å². The summed E-state index contributed by atoms with van der Waals surface area (Å²) < 4.78 is 43.8. The maximum atomic E-state index is 12.9. The van der Waals surface area contributed by atoms with E-state index in [-0.39, 0.29) is 13.0 Å². The second-order valence-corrected chi connectivity index (χ2v) is 6.96. The third kappa shape index (κ3) is 5.11. The minimum Gasteiger partial charge on any atom is -0.444 e. The zero-order valence-corrected chi connectivity index (χ0v) is 14.3. The normalized spacial score (nSPS) is 21.1. The van der Waals surface area contributed by atoms with Gasteiger partial charge in [0.15, 0.2) is 0 Å². The van der Waals surface area contributed by atoms with E-state index in [1.807, 2.05) is 0 Å². The Morgan fingerprint density at radius 3 is 2.28 bits per heavy atom. The summed E-state index contributed by atoms with van der Waals surface area (Å²) in [6, 6.07) is 7.08. The van der Waals surface area contributed by atoms with Crippen LogP contribution in [-0.2, 0) is 9.53 Å². The molecule has 1 saturated heterocycles. The lowest BCUT2D eigenvalue weighted by Crippen LogP contribution is -2.44. The molecule has 1 aliphatic rings. The van der Waals surface area contributed by atoms with Gasteiger partial charge in [0.25, 0.3) is 0 Å². The molecule has 0 unspecified atom stereocenters. The first-order valence-corrected chi connectivity index (χ1v) is 7.89. The summed E-state index contributed by atoms with van der Waals surface area (Å²) in [5.41, 5.74) is -0.128. The molecule has 1 aliphatic heterocycles. The van der Waals surface area contributed by atoms with Crippen molar-refractivity contribution < 1.29 is 27.5 Å². The van der Waals surface area contributed by atoms with Gasteiger partial charge in [0.05, 0.1) is 12.1 Å². The second-order valence-electron chi connectivity index (χ2n) is 6.96. The van der Waals surface area contributed by atoms with Crippen LogP contribution in [0, 0.1) is 0 Å². The molecule has 0 bridgehead atoms. The third-order valence-corrected chi connectivity index (χ3v) is 3.71. The minimum absolute atomic E-state index is 0.186. The van der Waals surface area contributed by atoms with Gasteiger partial charge in [0, 0.05) is 6.54 Å². The van der Waals surface area contributed by atoms with Gasteiger partial charge in [-0.3, -0.25) is 4.79 Å². The van der Waals surface area contributed by atoms with Crippen LogP contribution in [0.4, 0.5) is 18.0 Å². The standard InChI is InChI=1S/C17H21F3N2O3/c1-16(2,3)25-15(24)21-12-9-13(11-7-5-4-6-8-11)22(10-12)14(23)17(18,19)20/h4-8,12-13H,9-10H2,1-3H3,(H,21,24)/t12-,13-/m0/s1. The molecular weight excluding hydrogens is 337 g/mol. The SMILES string of the molecule is CC(C)(C)OC(=O)N[C@H]1C[C@@H](c2ccccc2)N(C(=O)C(F)(F)F)C1. The predicted octanol–water partition coefficient (Wildman–Crippen LogP) is 3.42. The summed E-state index contributed by atoms with van der Waals surface area (Å²) in [5, 5.41) is 2.55. The highest BCUT2D eigenvalue weighted by Crippen LogP contribution is 2.35. The van der Waals surface area contributed by atoms with Crippen LogP contribution in [0.25, 0.3) is 0 Å². The van der Waals surface area contributed by atoms with Gasteiger partial charge in [-0.25, -0.2) is 4.79 Å². The van der Waals surface area contributed by atoms with Crippen LogP contribution < -0.4 is 5.32 Å². The molecule has 0 saturated carbocycles. The molecule has 0 aromatic heterocycles. The first-order chi connectivity index (χ1) is 11.5. The summed E-state index contributed by atoms with van der Waals surface area (Å²) in [5.74, 6) is -1.91. The molecule has 0 radical (unpaired) electrons. The van der Waals surface area contributed by atoms with Crippen molar-refractivity contribution in [1.82, 2.24) is 10.2 Å². The fraction of sp³-hybridized carbons (Fsp3) is 0.529. The van der Waals surface area contributed by atoms with E-state index in [1.54, 1.807) is 51.1 Å². The zero-order chi connectivity index (χ0) is 18.8. The Morgan fingerprint density at radius 1 is 1.16 bits per heavy atom. The second kappa shape index (κ2) is 6.93. The maximum absolute atomic E-state index is 12.9. The molecule has 1 aromatic rings. The summed E-state index contributed by atoms with van der Waals surface area (Å²) in [6.07, 6.45) is -5.50. The molecule has 25 heavy (non-hydrogen) atoms. The van der Waals surface area contributed by atoms with Gasteiger partial charge >= 0.3 is 18.2 Å². The van der Waals surface area contributed by atoms with Crippen molar-refractivity contribution in [2.75, 3.05) is 6.54 Å². The van der Waals surface area contributed by atoms with Crippen LogP contribution in [0.2, 0.25) is 0 Å². The summed E-state index contributed by atoms with van der Waals surface area (Å²) in [4.78, 5) is 24.4. The maximum Gasteiger partial charge on any atom is 0.471 e. The number of amides is 2. The van der Waals surface area contributed by atoms with E-state index in [4.69, 9.17) is 4.74 Å². The van der Waals surface area contributed by atoms with Gasteiger partial charge in [-0.1, -0.05) is 30.3 Å². The van der Waals surface area contributed by atoms with Gasteiger partial charge in [0.1, 0.15) is 5.60 Å². The quantitative estimate of drug-likeness (QED) is 0.881. The lowest BCUT2D eigenvalue weighted by Gasteiger charge is -2.25. The van der Waals surface area contributed by atoms with E-state index in [2.05, 4.69) is 5.32 Å². The van der Waals surface area contributed by atoms with Crippen LogP contribution in [0.15, 0.2) is 30.3 Å². The molecule has 1 heterocycles. The molecule has 138 valence electrons. The van der Waals surface area contributed by atoms with Crippen molar-refractivity contribution in [3.8, 4) is 0 Å². The highest BCUT2D eigenvalue weighted by Gasteiger charge is 2.48. The number of ether oxygens (including phenoxy) is 1. The summed E-state index contributed by atoms with van der Waals surface area (Å²) in [6.45, 7) is 4.84. The number of rotatable bonds is 2. The number of carbonyl (C=O) groups excluding carboxylic acids is 2. The topological polar surface area (TPSA) is 58.6 Å². The molecule has 2 rings (SSSR count). The van der Waals surface area contributed by atoms with E-state index in [0.717, 1.165) is 4.90 Å². The Labute approximate surface area is 144 Å². The van der Waals surface area contributed by atoms with E-state index in [9.17, 15) is 22.8 Å². The fourth-order valence-corrected chi connectivity index (χ4v) is 2.79. The first-order valence-electron chi connectivity index (χ1n) is 7.89. The molecule has 2 atom stereocenters. The van der Waals surface area contributed by atoms with Crippen LogP contribution in [0.1, 0.15) is 38.8 Å². The van der Waals surface area contributed by atoms with Crippen molar-refractivity contribution in [1.29, 1.82) is 0 Å². The van der Waals surface area contributed by atoms with E-state index in [0.29, 0.717) is 5.56 Å². The van der Waals surface area contributed by atoms with Crippen LogP contribution in [-0.4, -0.2) is 41.3 Å². The molecule has 5 nitrogen and oxygen atoms in total. The van der Waals surface area contributed by atoms with Crippen molar-refractivity contribution in [2.45, 2.75) is 51.1 Å². The van der Waals surface area contributed by atoms with Crippen molar-refractivity contribution >= 4 is 12.0 Å². The molecule has 0 spiro atoms. The number of halogens is 3. The lowest BCUT2D eigenvalue weighted by molar-refractivity contribution is -0.186. The number of hydrogen-bond acceptors (Lipinski definition) is 3. The monoisotopic (exact) mass is 358 g/mol. The number of likely N-dealkylation sites (tertiary alicyclic amines) is 1. The largest absolute Gasteiger partial charge is 0.471 e. The van der Waals surface area contributed by atoms with Crippen LogP contribution in [0.3, 0.4) is 0 Å². The predicted molar refractivity (Wildman–Crippen MR) is 84.7 cm³/mol. The van der Waals surface area contributed by atoms with Gasteiger partial charge < -0.3 is 15.0 Å². The molecular formula is C17H21F3N2O3. The average molecular weight is 358 g/mol.